The van der Waals surface area contributed by atoms with E-state index in [1.165, 1.54) is 29.6 Å². The van der Waals surface area contributed by atoms with Crippen molar-refractivity contribution in [2.45, 2.75) is 19.0 Å². The third-order valence-electron chi connectivity index (χ3n) is 4.27. The molecular formula is C15H23N3O+2. The second-order valence-electron chi connectivity index (χ2n) is 5.47. The summed E-state index contributed by atoms with van der Waals surface area (Å²) in [6, 6.07) is 9.07. The van der Waals surface area contributed by atoms with Crippen LogP contribution in [0.4, 0.5) is 0 Å². The van der Waals surface area contributed by atoms with Gasteiger partial charge < -0.3 is 20.3 Å². The van der Waals surface area contributed by atoms with Crippen molar-refractivity contribution in [1.29, 1.82) is 0 Å². The van der Waals surface area contributed by atoms with Gasteiger partial charge in [0.05, 0.1) is 0 Å². The first-order valence-corrected chi connectivity index (χ1v) is 7.20. The first kappa shape index (κ1) is 12.7. The minimum Gasteiger partial charge on any atom is -0.396 e. The van der Waals surface area contributed by atoms with Crippen LogP contribution in [0.2, 0.25) is 0 Å². The summed E-state index contributed by atoms with van der Waals surface area (Å²) >= 11 is 0. The second-order valence-corrected chi connectivity index (χ2v) is 5.47. The lowest BCUT2D eigenvalue weighted by atomic mass is 10.1. The predicted octanol–water partition coefficient (Wildman–Crippen LogP) is -1.12. The van der Waals surface area contributed by atoms with Crippen molar-refractivity contribution in [3.63, 3.8) is 0 Å². The van der Waals surface area contributed by atoms with Crippen LogP contribution >= 0.6 is 0 Å². The molecule has 1 aliphatic rings. The number of piperazine rings is 1. The molecule has 2 atom stereocenters. The number of rotatable bonds is 4. The Morgan fingerprint density at radius 3 is 3.16 bits per heavy atom. The number of H-pyrrole nitrogens is 1. The highest BCUT2D eigenvalue weighted by molar-refractivity contribution is 5.82. The van der Waals surface area contributed by atoms with Crippen molar-refractivity contribution in [1.82, 2.24) is 4.98 Å². The number of fused-ring (bicyclic) bond motifs is 1. The van der Waals surface area contributed by atoms with E-state index in [1.54, 1.807) is 4.90 Å². The smallest absolute Gasteiger partial charge is 0.140 e. The predicted molar refractivity (Wildman–Crippen MR) is 75.0 cm³/mol. The van der Waals surface area contributed by atoms with Gasteiger partial charge >= 0.3 is 0 Å². The van der Waals surface area contributed by atoms with Gasteiger partial charge in [-0.3, -0.25) is 0 Å². The molecule has 19 heavy (non-hydrogen) atoms. The first-order valence-electron chi connectivity index (χ1n) is 7.20. The first-order chi connectivity index (χ1) is 9.38. The lowest BCUT2D eigenvalue weighted by molar-refractivity contribution is -0.982. The molecule has 1 aliphatic heterocycles. The summed E-state index contributed by atoms with van der Waals surface area (Å²) in [5.41, 5.74) is 2.62. The van der Waals surface area contributed by atoms with Gasteiger partial charge in [0.2, 0.25) is 0 Å². The Hall–Kier alpha value is -1.36. The summed E-state index contributed by atoms with van der Waals surface area (Å²) in [7, 11) is 0. The fraction of sp³-hybridized carbons (Fsp3) is 0.467. The van der Waals surface area contributed by atoms with Crippen molar-refractivity contribution < 1.29 is 15.3 Å². The van der Waals surface area contributed by atoms with Crippen molar-refractivity contribution in [2.24, 2.45) is 0 Å². The number of nitrogens with two attached hydrogens (primary N) is 1. The average molecular weight is 261 g/mol. The van der Waals surface area contributed by atoms with Crippen molar-refractivity contribution >= 4 is 10.9 Å². The molecule has 0 bridgehead atoms. The molecule has 0 radical (unpaired) electrons. The molecule has 2 aromatic rings. The largest absolute Gasteiger partial charge is 0.396 e. The summed E-state index contributed by atoms with van der Waals surface area (Å²) in [6.45, 7) is 4.88. The van der Waals surface area contributed by atoms with E-state index < -0.39 is 0 Å². The molecule has 1 fully saturated rings. The molecule has 4 heteroatoms. The molecular weight excluding hydrogens is 238 g/mol. The minimum atomic E-state index is 0.301. The maximum atomic E-state index is 9.20. The topological polar surface area (TPSA) is 57.1 Å². The maximum Gasteiger partial charge on any atom is 0.140 e. The van der Waals surface area contributed by atoms with Crippen LogP contribution in [-0.2, 0) is 6.54 Å². The normalized spacial score (nSPS) is 23.8. The Labute approximate surface area is 113 Å². The Morgan fingerprint density at radius 2 is 2.26 bits per heavy atom. The molecule has 1 aromatic carbocycles. The molecule has 2 heterocycles. The van der Waals surface area contributed by atoms with Crippen LogP contribution in [0.25, 0.3) is 10.9 Å². The molecule has 0 saturated carbocycles. The molecule has 0 aliphatic carbocycles. The Morgan fingerprint density at radius 1 is 1.37 bits per heavy atom. The molecule has 4 nitrogen and oxygen atoms in total. The van der Waals surface area contributed by atoms with E-state index in [0.717, 1.165) is 19.5 Å². The monoisotopic (exact) mass is 261 g/mol. The Bertz CT molecular complexity index is 535. The molecule has 102 valence electrons. The summed E-state index contributed by atoms with van der Waals surface area (Å²) in [6.07, 6.45) is 3.06. The maximum absolute atomic E-state index is 9.20. The van der Waals surface area contributed by atoms with E-state index >= 15 is 0 Å². The number of hydrogen-bond donors (Lipinski definition) is 4. The highest BCUT2D eigenvalue weighted by Crippen LogP contribution is 2.16. The number of aliphatic hydroxyl groups is 1. The second kappa shape index (κ2) is 5.74. The number of para-hydroxylation sites is 1. The minimum absolute atomic E-state index is 0.301. The van der Waals surface area contributed by atoms with Gasteiger partial charge in [-0.1, -0.05) is 18.2 Å². The van der Waals surface area contributed by atoms with Gasteiger partial charge in [0, 0.05) is 35.7 Å². The molecule has 0 spiro atoms. The summed E-state index contributed by atoms with van der Waals surface area (Å²) in [4.78, 5) is 4.97. The van der Waals surface area contributed by atoms with E-state index in [2.05, 4.69) is 40.8 Å². The molecule has 1 saturated heterocycles. The molecule has 5 N–H and O–H groups in total. The number of aliphatic hydroxyl groups excluding tert-OH is 1. The fourth-order valence-corrected chi connectivity index (χ4v) is 3.21. The zero-order valence-electron chi connectivity index (χ0n) is 11.2. The third-order valence-corrected chi connectivity index (χ3v) is 4.27. The number of quaternary nitrogens is 2. The van der Waals surface area contributed by atoms with Crippen molar-refractivity contribution in [2.75, 3.05) is 26.2 Å². The summed E-state index contributed by atoms with van der Waals surface area (Å²) < 4.78 is 0. The zero-order valence-corrected chi connectivity index (χ0v) is 11.2. The number of hydrogen-bond acceptors (Lipinski definition) is 1. The number of benzene rings is 1. The number of aromatic nitrogens is 1. The van der Waals surface area contributed by atoms with Gasteiger partial charge in [0.25, 0.3) is 0 Å². The Balaban J connectivity index is 1.79. The van der Waals surface area contributed by atoms with Crippen LogP contribution in [0.1, 0.15) is 12.0 Å². The Kier molecular flexibility index (Phi) is 3.82. The van der Waals surface area contributed by atoms with Crippen LogP contribution in [0.3, 0.4) is 0 Å². The van der Waals surface area contributed by atoms with Gasteiger partial charge in [0.1, 0.15) is 32.2 Å². The van der Waals surface area contributed by atoms with Crippen LogP contribution in [0, 0.1) is 0 Å². The van der Waals surface area contributed by atoms with Gasteiger partial charge in [-0.2, -0.15) is 0 Å². The van der Waals surface area contributed by atoms with Gasteiger partial charge in [-0.25, -0.2) is 0 Å². The standard InChI is InChI=1S/C15H21N3O/c19-8-5-13-10-16-6-7-18(13)11-12-9-17-15-4-2-1-3-14(12)15/h1-4,9,13,16-17,19H,5-8,10-11H2/p+2. The van der Waals surface area contributed by atoms with Crippen LogP contribution in [0.5, 0.6) is 0 Å². The van der Waals surface area contributed by atoms with E-state index in [-0.39, 0.29) is 0 Å². The molecule has 1 aromatic heterocycles. The van der Waals surface area contributed by atoms with Crippen LogP contribution in [-0.4, -0.2) is 42.4 Å². The zero-order chi connectivity index (χ0) is 13.1. The average Bonchev–Trinajstić information content (AvgIpc) is 2.85. The molecule has 2 unspecified atom stereocenters. The lowest BCUT2D eigenvalue weighted by Crippen LogP contribution is -3.23. The van der Waals surface area contributed by atoms with E-state index in [0.29, 0.717) is 12.6 Å². The van der Waals surface area contributed by atoms with Gasteiger partial charge in [0.15, 0.2) is 0 Å². The van der Waals surface area contributed by atoms with E-state index in [9.17, 15) is 5.11 Å². The van der Waals surface area contributed by atoms with Crippen LogP contribution in [0.15, 0.2) is 30.5 Å². The molecule has 0 amide bonds. The highest BCUT2D eigenvalue weighted by Gasteiger charge is 2.28. The summed E-state index contributed by atoms with van der Waals surface area (Å²) in [5.74, 6) is 0. The molecule has 3 rings (SSSR count). The quantitative estimate of drug-likeness (QED) is 0.554. The third kappa shape index (κ3) is 2.66. The number of aromatic amines is 1. The highest BCUT2D eigenvalue weighted by atomic mass is 16.3. The van der Waals surface area contributed by atoms with E-state index in [1.807, 2.05) is 0 Å². The number of nitrogens with one attached hydrogen (secondary N) is 2. The SMILES string of the molecule is OCCC1C[NH2+]CC[NH+]1Cc1c[nH]c2ccccc12. The van der Waals surface area contributed by atoms with Gasteiger partial charge in [-0.05, 0) is 6.07 Å². The fourth-order valence-electron chi connectivity index (χ4n) is 3.21. The van der Waals surface area contributed by atoms with Crippen molar-refractivity contribution in [3.8, 4) is 0 Å². The lowest BCUT2D eigenvalue weighted by Gasteiger charge is -2.30. The van der Waals surface area contributed by atoms with E-state index in [4.69, 9.17) is 0 Å². The van der Waals surface area contributed by atoms with Gasteiger partial charge in [-0.15, -0.1) is 0 Å². The summed E-state index contributed by atoms with van der Waals surface area (Å²) in [5, 5.41) is 12.9. The van der Waals surface area contributed by atoms with Crippen molar-refractivity contribution in [3.05, 3.63) is 36.0 Å². The van der Waals surface area contributed by atoms with Crippen LogP contribution < -0.4 is 10.2 Å².